The molecule has 0 amide bonds. The van der Waals surface area contributed by atoms with Crippen molar-refractivity contribution in [2.75, 3.05) is 19.8 Å². The Labute approximate surface area is 78.7 Å². The van der Waals surface area contributed by atoms with Crippen molar-refractivity contribution in [3.63, 3.8) is 0 Å². The fourth-order valence-corrected chi connectivity index (χ4v) is 1.08. The molecule has 0 saturated carbocycles. The Kier molecular flexibility index (Phi) is 4.17. The predicted octanol–water partition coefficient (Wildman–Crippen LogP) is 0.830. The van der Waals surface area contributed by atoms with Gasteiger partial charge >= 0.3 is 0 Å². The minimum absolute atomic E-state index is 0.622. The lowest BCUT2D eigenvalue weighted by molar-refractivity contribution is -0.298. The lowest BCUT2D eigenvalue weighted by atomic mass is 10.3. The zero-order valence-corrected chi connectivity index (χ0v) is 8.41. The van der Waals surface area contributed by atoms with Gasteiger partial charge in [-0.1, -0.05) is 5.17 Å². The van der Waals surface area contributed by atoms with Crippen LogP contribution in [0.1, 0.15) is 20.8 Å². The van der Waals surface area contributed by atoms with Gasteiger partial charge in [-0.05, 0) is 26.3 Å². The lowest BCUT2D eigenvalue weighted by Crippen LogP contribution is -2.51. The Morgan fingerprint density at radius 2 is 2.08 bits per heavy atom. The molecule has 13 heavy (non-hydrogen) atoms. The summed E-state index contributed by atoms with van der Waals surface area (Å²) in [5.41, 5.74) is 4.11. The van der Waals surface area contributed by atoms with E-state index in [2.05, 4.69) is 5.53 Å². The fourth-order valence-electron chi connectivity index (χ4n) is 1.08. The first-order valence-electron chi connectivity index (χ1n) is 4.52. The number of rotatable bonds is 4. The first kappa shape index (κ1) is 10.5. The normalized spacial score (nSPS) is 19.0. The Morgan fingerprint density at radius 3 is 2.69 bits per heavy atom. The zero-order valence-electron chi connectivity index (χ0n) is 8.41. The molecule has 0 bridgehead atoms. The van der Waals surface area contributed by atoms with E-state index in [0.29, 0.717) is 13.2 Å². The highest BCUT2D eigenvalue weighted by molar-refractivity contribution is 4.99. The molecule has 1 heterocycles. The first-order chi connectivity index (χ1) is 6.26. The van der Waals surface area contributed by atoms with Gasteiger partial charge in [-0.3, -0.25) is 9.68 Å². The van der Waals surface area contributed by atoms with Crippen molar-refractivity contribution >= 4 is 0 Å². The smallest absolute Gasteiger partial charge is 0.0738 e. The second-order valence-corrected chi connectivity index (χ2v) is 2.77. The number of hydrazine groups is 2. The molecule has 1 N–H and O–H groups in total. The molecule has 0 saturated heterocycles. The Balaban J connectivity index is 2.45. The van der Waals surface area contributed by atoms with Crippen molar-refractivity contribution in [2.24, 2.45) is 0 Å². The maximum atomic E-state index is 5.29. The number of hydroxylamine groups is 2. The van der Waals surface area contributed by atoms with Crippen LogP contribution in [0.2, 0.25) is 0 Å². The van der Waals surface area contributed by atoms with Gasteiger partial charge in [-0.15, -0.1) is 5.53 Å². The van der Waals surface area contributed by atoms with Gasteiger partial charge in [0, 0.05) is 6.20 Å². The van der Waals surface area contributed by atoms with Crippen molar-refractivity contribution in [3.8, 4) is 0 Å². The maximum absolute atomic E-state index is 5.29. The van der Waals surface area contributed by atoms with Gasteiger partial charge in [0.05, 0.1) is 19.8 Å². The molecule has 5 nitrogen and oxygen atoms in total. The Bertz CT molecular complexity index is 184. The van der Waals surface area contributed by atoms with Gasteiger partial charge in [0.25, 0.3) is 0 Å². The summed E-state index contributed by atoms with van der Waals surface area (Å²) in [6, 6.07) is 0. The second kappa shape index (κ2) is 5.18. The van der Waals surface area contributed by atoms with Crippen LogP contribution in [0.15, 0.2) is 11.8 Å². The molecule has 1 aliphatic heterocycles. The molecule has 1 aliphatic rings. The predicted molar refractivity (Wildman–Crippen MR) is 48.7 cm³/mol. The number of nitrogens with one attached hydrogen (secondary N) is 1. The van der Waals surface area contributed by atoms with Gasteiger partial charge in [-0.25, -0.2) is 0 Å². The van der Waals surface area contributed by atoms with E-state index in [1.54, 1.807) is 10.3 Å². The lowest BCUT2D eigenvalue weighted by Gasteiger charge is -2.32. The van der Waals surface area contributed by atoms with Crippen molar-refractivity contribution in [1.82, 2.24) is 15.9 Å². The molecule has 0 aliphatic carbocycles. The average Bonchev–Trinajstić information content (AvgIpc) is 2.04. The van der Waals surface area contributed by atoms with Crippen LogP contribution in [0.3, 0.4) is 0 Å². The van der Waals surface area contributed by atoms with Crippen LogP contribution in [0.5, 0.6) is 0 Å². The monoisotopic (exact) mass is 187 g/mol. The minimum atomic E-state index is 0.622. The SMILES string of the molecule is CCON1C=C(C)CN(OCC)N1. The molecule has 76 valence electrons. The summed E-state index contributed by atoms with van der Waals surface area (Å²) in [5, 5.41) is 3.19. The van der Waals surface area contributed by atoms with Gasteiger partial charge in [0.15, 0.2) is 0 Å². The van der Waals surface area contributed by atoms with Crippen LogP contribution in [0.25, 0.3) is 0 Å². The summed E-state index contributed by atoms with van der Waals surface area (Å²) >= 11 is 0. The minimum Gasteiger partial charge on any atom is -0.283 e. The third kappa shape index (κ3) is 3.31. The van der Waals surface area contributed by atoms with Crippen LogP contribution in [-0.4, -0.2) is 30.1 Å². The van der Waals surface area contributed by atoms with Crippen LogP contribution in [-0.2, 0) is 9.68 Å². The summed E-state index contributed by atoms with van der Waals surface area (Å²) in [4.78, 5) is 10.5. The quantitative estimate of drug-likeness (QED) is 0.705. The molecule has 5 heteroatoms. The molecule has 0 unspecified atom stereocenters. The van der Waals surface area contributed by atoms with E-state index in [-0.39, 0.29) is 0 Å². The van der Waals surface area contributed by atoms with Gasteiger partial charge in [0.2, 0.25) is 0 Å². The van der Waals surface area contributed by atoms with Crippen LogP contribution >= 0.6 is 0 Å². The van der Waals surface area contributed by atoms with E-state index >= 15 is 0 Å². The fraction of sp³-hybridized carbons (Fsp3) is 0.750. The molecule has 0 aromatic carbocycles. The molecule has 0 aromatic rings. The summed E-state index contributed by atoms with van der Waals surface area (Å²) in [6.07, 6.45) is 1.90. The van der Waals surface area contributed by atoms with Gasteiger partial charge in [0.1, 0.15) is 0 Å². The molecular formula is C8H17N3O2. The summed E-state index contributed by atoms with van der Waals surface area (Å²) in [5.74, 6) is 0. The van der Waals surface area contributed by atoms with Crippen LogP contribution in [0, 0.1) is 0 Å². The molecule has 0 atom stereocenters. The largest absolute Gasteiger partial charge is 0.283 e. The summed E-state index contributed by atoms with van der Waals surface area (Å²) in [6.45, 7) is 7.91. The number of hydrogen-bond acceptors (Lipinski definition) is 5. The highest BCUT2D eigenvalue weighted by Crippen LogP contribution is 2.06. The Hall–Kier alpha value is -0.620. The third-order valence-electron chi connectivity index (χ3n) is 1.49. The maximum Gasteiger partial charge on any atom is 0.0738 e. The number of nitrogens with zero attached hydrogens (tertiary/aromatic N) is 2. The third-order valence-corrected chi connectivity index (χ3v) is 1.49. The Morgan fingerprint density at radius 1 is 1.38 bits per heavy atom. The number of hydrogen-bond donors (Lipinski definition) is 1. The topological polar surface area (TPSA) is 37.0 Å². The van der Waals surface area contributed by atoms with E-state index in [9.17, 15) is 0 Å². The van der Waals surface area contributed by atoms with E-state index < -0.39 is 0 Å². The first-order valence-corrected chi connectivity index (χ1v) is 4.52. The molecule has 0 spiro atoms. The van der Waals surface area contributed by atoms with Crippen molar-refractivity contribution in [2.45, 2.75) is 20.8 Å². The van der Waals surface area contributed by atoms with E-state index in [1.165, 1.54) is 5.57 Å². The van der Waals surface area contributed by atoms with Crippen molar-refractivity contribution in [1.29, 1.82) is 0 Å². The van der Waals surface area contributed by atoms with Crippen LogP contribution in [0.4, 0.5) is 0 Å². The molecular weight excluding hydrogens is 170 g/mol. The van der Waals surface area contributed by atoms with E-state index in [1.807, 2.05) is 27.0 Å². The van der Waals surface area contributed by atoms with Crippen LogP contribution < -0.4 is 5.53 Å². The van der Waals surface area contributed by atoms with Gasteiger partial charge in [-0.2, -0.15) is 5.17 Å². The van der Waals surface area contributed by atoms with Crippen molar-refractivity contribution < 1.29 is 9.68 Å². The molecule has 0 radical (unpaired) electrons. The molecule has 0 fully saturated rings. The molecule has 0 aromatic heterocycles. The standard InChI is InChI=1S/C8H17N3O2/c1-4-12-10-6-8(3)7-11(9-10)13-5-2/h6,9H,4-5,7H2,1-3H3. The van der Waals surface area contributed by atoms with E-state index in [4.69, 9.17) is 9.68 Å². The van der Waals surface area contributed by atoms with E-state index in [0.717, 1.165) is 6.54 Å². The highest BCUT2D eigenvalue weighted by Gasteiger charge is 2.14. The average molecular weight is 187 g/mol. The summed E-state index contributed by atoms with van der Waals surface area (Å²) in [7, 11) is 0. The second-order valence-electron chi connectivity index (χ2n) is 2.77. The summed E-state index contributed by atoms with van der Waals surface area (Å²) < 4.78 is 0. The van der Waals surface area contributed by atoms with Crippen molar-refractivity contribution in [3.05, 3.63) is 11.8 Å². The zero-order chi connectivity index (χ0) is 9.68. The van der Waals surface area contributed by atoms with Gasteiger partial charge < -0.3 is 0 Å². The molecule has 1 rings (SSSR count). The highest BCUT2D eigenvalue weighted by atomic mass is 16.8.